The zero-order valence-corrected chi connectivity index (χ0v) is 13.7. The van der Waals surface area contributed by atoms with E-state index in [9.17, 15) is 4.79 Å². The van der Waals surface area contributed by atoms with Gasteiger partial charge in [0, 0.05) is 37.6 Å². The molecule has 0 radical (unpaired) electrons. The molecule has 3 aliphatic rings. The van der Waals surface area contributed by atoms with Gasteiger partial charge in [-0.1, -0.05) is 6.92 Å². The van der Waals surface area contributed by atoms with Crippen LogP contribution in [0.2, 0.25) is 0 Å². The quantitative estimate of drug-likeness (QED) is 0.891. The number of carbonyl (C=O) groups excluding carboxylic acids is 1. The summed E-state index contributed by atoms with van der Waals surface area (Å²) < 4.78 is 0. The van der Waals surface area contributed by atoms with Crippen molar-refractivity contribution in [2.24, 2.45) is 11.8 Å². The highest BCUT2D eigenvalue weighted by Gasteiger charge is 2.51. The van der Waals surface area contributed by atoms with Gasteiger partial charge in [-0.25, -0.2) is 0 Å². The molecule has 5 heteroatoms. The van der Waals surface area contributed by atoms with Crippen LogP contribution in [0.25, 0.3) is 0 Å². The van der Waals surface area contributed by atoms with Gasteiger partial charge in [-0.3, -0.25) is 20.6 Å². The standard InChI is InChI=1S/C18H26N4O/c1-2-9-22-16-10-13(12-5-7-19-8-6-12)3-4-14(16)17-15(18(22)23)11-20-21-17/h5-8,13-17,20-21H,2-4,9-11H2,1H3. The molecular formula is C18H26N4O. The Bertz CT molecular complexity index is 563. The van der Waals surface area contributed by atoms with E-state index in [0.29, 0.717) is 29.8 Å². The molecule has 1 saturated carbocycles. The Morgan fingerprint density at radius 2 is 2.13 bits per heavy atom. The van der Waals surface area contributed by atoms with Gasteiger partial charge in [-0.15, -0.1) is 0 Å². The summed E-state index contributed by atoms with van der Waals surface area (Å²) in [6.45, 7) is 3.84. The maximum atomic E-state index is 12.9. The summed E-state index contributed by atoms with van der Waals surface area (Å²) in [5.74, 6) is 1.61. The number of piperidine rings is 1. The molecule has 1 aromatic rings. The van der Waals surface area contributed by atoms with E-state index < -0.39 is 0 Å². The summed E-state index contributed by atoms with van der Waals surface area (Å²) in [4.78, 5) is 19.3. The number of nitrogens with zero attached hydrogens (tertiary/aromatic N) is 2. The summed E-state index contributed by atoms with van der Waals surface area (Å²) in [6, 6.07) is 4.97. The normalized spacial score (nSPS) is 36.7. The van der Waals surface area contributed by atoms with Gasteiger partial charge < -0.3 is 4.90 Å². The predicted octanol–water partition coefficient (Wildman–Crippen LogP) is 1.68. The van der Waals surface area contributed by atoms with Crippen molar-refractivity contribution in [3.05, 3.63) is 30.1 Å². The van der Waals surface area contributed by atoms with E-state index in [4.69, 9.17) is 0 Å². The number of pyridine rings is 1. The van der Waals surface area contributed by atoms with E-state index in [1.54, 1.807) is 0 Å². The Hall–Kier alpha value is -1.46. The monoisotopic (exact) mass is 314 g/mol. The number of hydrogen-bond donors (Lipinski definition) is 2. The molecule has 5 nitrogen and oxygen atoms in total. The Labute approximate surface area is 137 Å². The molecule has 1 aromatic heterocycles. The van der Waals surface area contributed by atoms with E-state index in [2.05, 4.69) is 39.8 Å². The summed E-state index contributed by atoms with van der Waals surface area (Å²) in [7, 11) is 0. The van der Waals surface area contributed by atoms with Gasteiger partial charge in [0.1, 0.15) is 0 Å². The molecule has 23 heavy (non-hydrogen) atoms. The SMILES string of the molecule is CCCN1C(=O)C2CNNC2C2CCC(c3ccncc3)CC21. The van der Waals surface area contributed by atoms with Crippen molar-refractivity contribution >= 4 is 5.91 Å². The van der Waals surface area contributed by atoms with Crippen LogP contribution in [-0.4, -0.2) is 41.0 Å². The van der Waals surface area contributed by atoms with Crippen LogP contribution in [0.5, 0.6) is 0 Å². The minimum atomic E-state index is 0.125. The number of fused-ring (bicyclic) bond motifs is 3. The summed E-state index contributed by atoms with van der Waals surface area (Å²) in [6.07, 6.45) is 8.30. The topological polar surface area (TPSA) is 57.3 Å². The molecular weight excluding hydrogens is 288 g/mol. The molecule has 0 bridgehead atoms. The van der Waals surface area contributed by atoms with Gasteiger partial charge in [0.2, 0.25) is 5.91 Å². The lowest BCUT2D eigenvalue weighted by atomic mass is 9.67. The van der Waals surface area contributed by atoms with Crippen LogP contribution in [0.3, 0.4) is 0 Å². The fourth-order valence-electron chi connectivity index (χ4n) is 4.94. The van der Waals surface area contributed by atoms with Gasteiger partial charge in [-0.05, 0) is 55.2 Å². The maximum Gasteiger partial charge on any atom is 0.228 e. The highest BCUT2D eigenvalue weighted by Crippen LogP contribution is 2.44. The molecule has 5 atom stereocenters. The summed E-state index contributed by atoms with van der Waals surface area (Å²) >= 11 is 0. The van der Waals surface area contributed by atoms with Gasteiger partial charge in [0.25, 0.3) is 0 Å². The number of amides is 1. The van der Waals surface area contributed by atoms with E-state index in [0.717, 1.165) is 25.9 Å². The van der Waals surface area contributed by atoms with E-state index in [1.165, 1.54) is 18.4 Å². The molecule has 0 aromatic carbocycles. The van der Waals surface area contributed by atoms with Gasteiger partial charge >= 0.3 is 0 Å². The van der Waals surface area contributed by atoms with Crippen molar-refractivity contribution in [1.29, 1.82) is 0 Å². The second kappa shape index (κ2) is 6.21. The number of aromatic nitrogens is 1. The van der Waals surface area contributed by atoms with Crippen LogP contribution >= 0.6 is 0 Å². The number of rotatable bonds is 3. The lowest BCUT2D eigenvalue weighted by molar-refractivity contribution is -0.147. The lowest BCUT2D eigenvalue weighted by Crippen LogP contribution is -2.62. The van der Waals surface area contributed by atoms with E-state index >= 15 is 0 Å². The molecule has 1 aliphatic carbocycles. The van der Waals surface area contributed by atoms with Crippen LogP contribution in [-0.2, 0) is 4.79 Å². The number of hydrogen-bond acceptors (Lipinski definition) is 4. The largest absolute Gasteiger partial charge is 0.339 e. The fourth-order valence-corrected chi connectivity index (χ4v) is 4.94. The first-order chi connectivity index (χ1) is 11.3. The molecule has 3 heterocycles. The van der Waals surface area contributed by atoms with Crippen molar-refractivity contribution in [2.75, 3.05) is 13.1 Å². The van der Waals surface area contributed by atoms with Gasteiger partial charge in [0.15, 0.2) is 0 Å². The summed E-state index contributed by atoms with van der Waals surface area (Å²) in [5.41, 5.74) is 8.00. The number of likely N-dealkylation sites (tertiary alicyclic amines) is 1. The number of hydrazine groups is 1. The molecule has 2 saturated heterocycles. The third-order valence-electron chi connectivity index (χ3n) is 6.00. The smallest absolute Gasteiger partial charge is 0.228 e. The van der Waals surface area contributed by atoms with Crippen LogP contribution < -0.4 is 10.9 Å². The average molecular weight is 314 g/mol. The third-order valence-corrected chi connectivity index (χ3v) is 6.00. The third kappa shape index (κ3) is 2.56. The molecule has 0 spiro atoms. The second-order valence-corrected chi connectivity index (χ2v) is 7.21. The van der Waals surface area contributed by atoms with Gasteiger partial charge in [-0.2, -0.15) is 0 Å². The maximum absolute atomic E-state index is 12.9. The van der Waals surface area contributed by atoms with E-state index in [1.807, 2.05) is 12.4 Å². The molecule has 5 unspecified atom stereocenters. The first-order valence-corrected chi connectivity index (χ1v) is 8.98. The van der Waals surface area contributed by atoms with E-state index in [-0.39, 0.29) is 5.92 Å². The Kier molecular flexibility index (Phi) is 4.07. The zero-order chi connectivity index (χ0) is 15.8. The highest BCUT2D eigenvalue weighted by atomic mass is 16.2. The van der Waals surface area contributed by atoms with Crippen molar-refractivity contribution in [3.8, 4) is 0 Å². The van der Waals surface area contributed by atoms with Crippen molar-refractivity contribution in [1.82, 2.24) is 20.7 Å². The van der Waals surface area contributed by atoms with Crippen molar-refractivity contribution in [2.45, 2.75) is 50.6 Å². The minimum absolute atomic E-state index is 0.125. The average Bonchev–Trinajstić information content (AvgIpc) is 3.09. The number of carbonyl (C=O) groups is 1. The number of nitrogens with one attached hydrogen (secondary N) is 2. The predicted molar refractivity (Wildman–Crippen MR) is 88.5 cm³/mol. The van der Waals surface area contributed by atoms with Crippen LogP contribution in [0.4, 0.5) is 0 Å². The van der Waals surface area contributed by atoms with Crippen molar-refractivity contribution in [3.63, 3.8) is 0 Å². The Balaban J connectivity index is 1.60. The first-order valence-electron chi connectivity index (χ1n) is 8.98. The molecule has 3 fully saturated rings. The van der Waals surface area contributed by atoms with Crippen molar-refractivity contribution < 1.29 is 4.79 Å². The van der Waals surface area contributed by atoms with Gasteiger partial charge in [0.05, 0.1) is 5.92 Å². The zero-order valence-electron chi connectivity index (χ0n) is 13.7. The van der Waals surface area contributed by atoms with Crippen LogP contribution in [0.1, 0.15) is 44.1 Å². The first kappa shape index (κ1) is 15.1. The molecule has 4 rings (SSSR count). The fraction of sp³-hybridized carbons (Fsp3) is 0.667. The Morgan fingerprint density at radius 3 is 2.91 bits per heavy atom. The van der Waals surface area contributed by atoms with Crippen LogP contribution in [0, 0.1) is 11.8 Å². The summed E-state index contributed by atoms with van der Waals surface area (Å²) in [5, 5.41) is 0. The lowest BCUT2D eigenvalue weighted by Gasteiger charge is -2.50. The molecule has 2 aliphatic heterocycles. The second-order valence-electron chi connectivity index (χ2n) is 7.21. The highest BCUT2D eigenvalue weighted by molar-refractivity contribution is 5.81. The molecule has 2 N–H and O–H groups in total. The molecule has 124 valence electrons. The Morgan fingerprint density at radius 1 is 1.30 bits per heavy atom. The minimum Gasteiger partial charge on any atom is -0.339 e. The van der Waals surface area contributed by atoms with Crippen LogP contribution in [0.15, 0.2) is 24.5 Å². The molecule has 1 amide bonds.